The number of hydrogen-bond donors (Lipinski definition) is 0. The van der Waals surface area contributed by atoms with Crippen molar-refractivity contribution in [1.29, 1.82) is 0 Å². The van der Waals surface area contributed by atoms with Crippen LogP contribution < -0.4 is 14.4 Å². The molecule has 2 aromatic rings. The zero-order chi connectivity index (χ0) is 21.7. The normalized spacial score (nSPS) is 13.4. The highest BCUT2D eigenvalue weighted by Crippen LogP contribution is 2.32. The molecule has 0 unspecified atom stereocenters. The zero-order valence-corrected chi connectivity index (χ0v) is 17.6. The summed E-state index contributed by atoms with van der Waals surface area (Å²) in [5, 5.41) is 0. The lowest BCUT2D eigenvalue weighted by Crippen LogP contribution is -2.35. The Kier molecular flexibility index (Phi) is 6.91. The Morgan fingerprint density at radius 2 is 1.83 bits per heavy atom. The molecular formula is C21H19BrF3NO4. The van der Waals surface area contributed by atoms with E-state index in [1.807, 2.05) is 29.2 Å². The van der Waals surface area contributed by atoms with Crippen LogP contribution in [0.25, 0.3) is 0 Å². The molecule has 0 atom stereocenters. The fraction of sp³-hybridized carbons (Fsp3) is 0.286. The van der Waals surface area contributed by atoms with E-state index in [1.165, 1.54) is 24.3 Å². The monoisotopic (exact) mass is 485 g/mol. The maximum Gasteiger partial charge on any atom is 0.573 e. The minimum atomic E-state index is -4.74. The van der Waals surface area contributed by atoms with Crippen molar-refractivity contribution in [3.63, 3.8) is 0 Å². The fourth-order valence-electron chi connectivity index (χ4n) is 3.06. The van der Waals surface area contributed by atoms with Gasteiger partial charge in [0.1, 0.15) is 23.8 Å². The van der Waals surface area contributed by atoms with Crippen LogP contribution in [0.4, 0.5) is 18.9 Å². The number of rotatable bonds is 7. The summed E-state index contributed by atoms with van der Waals surface area (Å²) in [6, 6.07) is 10.9. The van der Waals surface area contributed by atoms with Crippen molar-refractivity contribution in [3.05, 3.63) is 64.3 Å². The van der Waals surface area contributed by atoms with Gasteiger partial charge in [-0.25, -0.2) is 4.79 Å². The van der Waals surface area contributed by atoms with Gasteiger partial charge in [-0.1, -0.05) is 15.9 Å². The lowest BCUT2D eigenvalue weighted by molar-refractivity contribution is -0.274. The van der Waals surface area contributed by atoms with Crippen LogP contribution >= 0.6 is 15.9 Å². The molecule has 0 spiro atoms. The summed E-state index contributed by atoms with van der Waals surface area (Å²) in [4.78, 5) is 14.2. The van der Waals surface area contributed by atoms with Crippen molar-refractivity contribution >= 4 is 27.6 Å². The number of nitrogens with zero attached hydrogens (tertiary/aromatic N) is 1. The molecule has 0 saturated heterocycles. The Morgan fingerprint density at radius 3 is 2.50 bits per heavy atom. The third kappa shape index (κ3) is 5.69. The number of carbonyl (C=O) groups excluding carboxylic acids is 1. The first kappa shape index (κ1) is 22.0. The van der Waals surface area contributed by atoms with E-state index in [0.717, 1.165) is 15.7 Å². The second-order valence-electron chi connectivity index (χ2n) is 6.31. The predicted molar refractivity (Wildman–Crippen MR) is 109 cm³/mol. The minimum absolute atomic E-state index is 0.200. The minimum Gasteiger partial charge on any atom is -0.492 e. The number of anilines is 1. The smallest absolute Gasteiger partial charge is 0.492 e. The molecule has 0 saturated carbocycles. The Hall–Kier alpha value is -2.68. The molecule has 2 aromatic carbocycles. The summed E-state index contributed by atoms with van der Waals surface area (Å²) >= 11 is 3.45. The molecule has 0 N–H and O–H groups in total. The van der Waals surface area contributed by atoms with Crippen LogP contribution in [0.15, 0.2) is 58.7 Å². The molecule has 0 radical (unpaired) electrons. The van der Waals surface area contributed by atoms with E-state index in [9.17, 15) is 18.0 Å². The van der Waals surface area contributed by atoms with E-state index in [4.69, 9.17) is 9.47 Å². The first-order chi connectivity index (χ1) is 14.3. The van der Waals surface area contributed by atoms with Crippen molar-refractivity contribution in [3.8, 4) is 11.5 Å². The molecule has 0 aliphatic carbocycles. The number of fused-ring (bicyclic) bond motifs is 1. The van der Waals surface area contributed by atoms with Crippen molar-refractivity contribution in [2.75, 3.05) is 24.7 Å². The summed E-state index contributed by atoms with van der Waals surface area (Å²) in [7, 11) is 0. The van der Waals surface area contributed by atoms with Crippen LogP contribution in [-0.4, -0.2) is 32.1 Å². The van der Waals surface area contributed by atoms with Gasteiger partial charge < -0.3 is 19.1 Å². The van der Waals surface area contributed by atoms with Gasteiger partial charge in [0.05, 0.1) is 13.2 Å². The van der Waals surface area contributed by atoms with Crippen molar-refractivity contribution in [2.45, 2.75) is 19.7 Å². The van der Waals surface area contributed by atoms with Crippen LogP contribution in [0.3, 0.4) is 0 Å². The largest absolute Gasteiger partial charge is 0.573 e. The molecule has 0 aromatic heterocycles. The highest BCUT2D eigenvalue weighted by atomic mass is 79.9. The van der Waals surface area contributed by atoms with E-state index in [0.29, 0.717) is 24.4 Å². The topological polar surface area (TPSA) is 48.0 Å². The van der Waals surface area contributed by atoms with E-state index in [1.54, 1.807) is 6.92 Å². The predicted octanol–water partition coefficient (Wildman–Crippen LogP) is 5.24. The number of allylic oxidation sites excluding steroid dienone is 1. The quantitative estimate of drug-likeness (QED) is 0.502. The van der Waals surface area contributed by atoms with Crippen molar-refractivity contribution in [2.24, 2.45) is 0 Å². The van der Waals surface area contributed by atoms with Gasteiger partial charge >= 0.3 is 12.3 Å². The standard InChI is InChI=1S/C21H19BrF3NO4/c1-2-28-20(27)19-9-3-14-13-15(22)4-10-18(14)26(19)11-12-29-16-5-7-17(8-6-16)30-21(23,24)25/h4-10,13H,2-3,11-12H2,1H3. The Bertz CT molecular complexity index is 929. The van der Waals surface area contributed by atoms with Gasteiger partial charge in [-0.2, -0.15) is 0 Å². The number of benzene rings is 2. The van der Waals surface area contributed by atoms with Crippen molar-refractivity contribution in [1.82, 2.24) is 0 Å². The third-order valence-corrected chi connectivity index (χ3v) is 4.76. The number of hydrogen-bond acceptors (Lipinski definition) is 5. The molecule has 5 nitrogen and oxygen atoms in total. The molecule has 1 heterocycles. The highest BCUT2D eigenvalue weighted by Gasteiger charge is 2.31. The maximum absolute atomic E-state index is 12.4. The van der Waals surface area contributed by atoms with Gasteiger partial charge in [0, 0.05) is 10.2 Å². The third-order valence-electron chi connectivity index (χ3n) is 4.26. The number of esters is 1. The average Bonchev–Trinajstić information content (AvgIpc) is 2.68. The fourth-order valence-corrected chi connectivity index (χ4v) is 3.47. The summed E-state index contributed by atoms with van der Waals surface area (Å²) in [6.07, 6.45) is -2.33. The number of ether oxygens (including phenoxy) is 3. The molecule has 30 heavy (non-hydrogen) atoms. The van der Waals surface area contributed by atoms with E-state index in [2.05, 4.69) is 20.7 Å². The van der Waals surface area contributed by atoms with Gasteiger partial charge in [-0.15, -0.1) is 13.2 Å². The summed E-state index contributed by atoms with van der Waals surface area (Å²) in [5.41, 5.74) is 2.36. The number of alkyl halides is 3. The summed E-state index contributed by atoms with van der Waals surface area (Å²) < 4.78 is 52.3. The average molecular weight is 486 g/mol. The van der Waals surface area contributed by atoms with Gasteiger partial charge in [-0.05, 0) is 67.4 Å². The van der Waals surface area contributed by atoms with Crippen LogP contribution in [0.2, 0.25) is 0 Å². The van der Waals surface area contributed by atoms with Crippen molar-refractivity contribution < 1.29 is 32.2 Å². The first-order valence-electron chi connectivity index (χ1n) is 9.18. The molecule has 9 heteroatoms. The maximum atomic E-state index is 12.4. The van der Waals surface area contributed by atoms with Gasteiger partial charge in [0.25, 0.3) is 0 Å². The van der Waals surface area contributed by atoms with Gasteiger partial charge in [-0.3, -0.25) is 0 Å². The van der Waals surface area contributed by atoms with Crippen LogP contribution in [0.1, 0.15) is 12.5 Å². The lowest BCUT2D eigenvalue weighted by atomic mass is 10.0. The molecule has 0 amide bonds. The first-order valence-corrected chi connectivity index (χ1v) is 9.98. The zero-order valence-electron chi connectivity index (χ0n) is 16.0. The Labute approximate surface area is 180 Å². The molecule has 160 valence electrons. The SMILES string of the molecule is CCOC(=O)C1=CCc2cc(Br)ccc2N1CCOc1ccc(OC(F)(F)F)cc1. The number of halogens is 4. The molecule has 1 aliphatic rings. The van der Waals surface area contributed by atoms with Crippen LogP contribution in [0, 0.1) is 0 Å². The second kappa shape index (κ2) is 9.42. The van der Waals surface area contributed by atoms with E-state index >= 15 is 0 Å². The lowest BCUT2D eigenvalue weighted by Gasteiger charge is -2.31. The Balaban J connectivity index is 1.69. The Morgan fingerprint density at radius 1 is 1.13 bits per heavy atom. The van der Waals surface area contributed by atoms with E-state index in [-0.39, 0.29) is 19.0 Å². The highest BCUT2D eigenvalue weighted by molar-refractivity contribution is 9.10. The molecule has 0 bridgehead atoms. The van der Waals surface area contributed by atoms with Gasteiger partial charge in [0.15, 0.2) is 0 Å². The summed E-state index contributed by atoms with van der Waals surface area (Å²) in [5.74, 6) is -0.350. The summed E-state index contributed by atoms with van der Waals surface area (Å²) in [6.45, 7) is 2.55. The molecular weight excluding hydrogens is 467 g/mol. The molecule has 3 rings (SSSR count). The molecule has 0 fully saturated rings. The molecule has 1 aliphatic heterocycles. The van der Waals surface area contributed by atoms with Gasteiger partial charge in [0.2, 0.25) is 0 Å². The van der Waals surface area contributed by atoms with Crippen LogP contribution in [-0.2, 0) is 16.0 Å². The second-order valence-corrected chi connectivity index (χ2v) is 7.22. The number of carbonyl (C=O) groups is 1. The van der Waals surface area contributed by atoms with Crippen LogP contribution in [0.5, 0.6) is 11.5 Å². The van der Waals surface area contributed by atoms with E-state index < -0.39 is 12.3 Å².